The first-order chi connectivity index (χ1) is 24.5. The molecule has 2 aliphatic carbocycles. The van der Waals surface area contributed by atoms with Crippen molar-refractivity contribution >= 4 is 34.5 Å². The number of cyclic esters (lactones) is 1. The molecule has 0 spiro atoms. The van der Waals surface area contributed by atoms with Gasteiger partial charge in [-0.3, -0.25) is 14.4 Å². The van der Waals surface area contributed by atoms with E-state index in [9.17, 15) is 19.2 Å². The lowest BCUT2D eigenvalue weighted by atomic mass is 9.77. The van der Waals surface area contributed by atoms with Gasteiger partial charge in [-0.05, 0) is 85.9 Å². The lowest BCUT2D eigenvalue weighted by Gasteiger charge is -2.34. The van der Waals surface area contributed by atoms with Crippen molar-refractivity contribution in [2.75, 3.05) is 26.9 Å². The summed E-state index contributed by atoms with van der Waals surface area (Å²) in [4.78, 5) is 61.8. The molecular formula is C40H53N3O8. The van der Waals surface area contributed by atoms with E-state index in [0.717, 1.165) is 73.5 Å². The van der Waals surface area contributed by atoms with E-state index in [1.807, 2.05) is 12.1 Å². The molecule has 5 atom stereocenters. The molecule has 11 nitrogen and oxygen atoms in total. The summed E-state index contributed by atoms with van der Waals surface area (Å²) in [5.74, 6) is -1.36. The van der Waals surface area contributed by atoms with Crippen LogP contribution in [-0.4, -0.2) is 78.2 Å². The summed E-state index contributed by atoms with van der Waals surface area (Å²) in [6.45, 7) is 10.3. The molecule has 3 fully saturated rings. The Kier molecular flexibility index (Phi) is 10.9. The third kappa shape index (κ3) is 7.87. The molecule has 6 rings (SSSR count). The number of hydrogen-bond donors (Lipinski definition) is 1. The highest BCUT2D eigenvalue weighted by Gasteiger charge is 2.62. The highest BCUT2D eigenvalue weighted by Crippen LogP contribution is 2.46. The van der Waals surface area contributed by atoms with Crippen LogP contribution < -0.4 is 14.8 Å². The first kappa shape index (κ1) is 36.6. The van der Waals surface area contributed by atoms with Gasteiger partial charge in [-0.2, -0.15) is 0 Å². The number of amides is 2. The zero-order chi connectivity index (χ0) is 36.3. The summed E-state index contributed by atoms with van der Waals surface area (Å²) in [5.41, 5.74) is -0.489. The number of fused-ring (bicyclic) bond motifs is 3. The van der Waals surface area contributed by atoms with Crippen molar-refractivity contribution in [3.8, 4) is 11.6 Å². The van der Waals surface area contributed by atoms with Crippen molar-refractivity contribution in [2.45, 2.75) is 109 Å². The van der Waals surface area contributed by atoms with Crippen LogP contribution in [0.1, 0.15) is 90.5 Å². The third-order valence-electron chi connectivity index (χ3n) is 11.4. The Bertz CT molecular complexity index is 1650. The topological polar surface area (TPSA) is 133 Å². The molecule has 276 valence electrons. The quantitative estimate of drug-likeness (QED) is 0.285. The Hall–Kier alpha value is -4.15. The molecule has 0 unspecified atom stereocenters. The van der Waals surface area contributed by atoms with Crippen LogP contribution in [-0.2, 0) is 35.1 Å². The summed E-state index contributed by atoms with van der Waals surface area (Å²) in [5, 5.41) is 4.69. The van der Waals surface area contributed by atoms with Crippen molar-refractivity contribution in [3.05, 3.63) is 42.6 Å². The van der Waals surface area contributed by atoms with Gasteiger partial charge in [0.05, 0.1) is 39.2 Å². The van der Waals surface area contributed by atoms with E-state index in [0.29, 0.717) is 12.3 Å². The van der Waals surface area contributed by atoms with Gasteiger partial charge >= 0.3 is 11.9 Å². The SMILES string of the molecule is C=C[C@@H]1C[C@]1(NC(=O)[C@@H]1C[C@@H]2CN1C(=O)[C@H](C1CCCCC1)CC(=O)OCC(C)(C)CCCc1cc3c(nccc3cc1OC)O2)C(=O)OCC. The number of carbonyl (C=O) groups excluding carboxylic acids is 4. The van der Waals surface area contributed by atoms with Crippen molar-refractivity contribution in [1.82, 2.24) is 15.2 Å². The van der Waals surface area contributed by atoms with E-state index < -0.39 is 41.4 Å². The van der Waals surface area contributed by atoms with Gasteiger partial charge in [0, 0.05) is 23.9 Å². The molecule has 1 aromatic heterocycles. The van der Waals surface area contributed by atoms with Crippen LogP contribution in [0.4, 0.5) is 0 Å². The Morgan fingerprint density at radius 3 is 2.65 bits per heavy atom. The molecule has 1 saturated heterocycles. The predicted octanol–water partition coefficient (Wildman–Crippen LogP) is 5.71. The van der Waals surface area contributed by atoms with Crippen molar-refractivity contribution in [2.24, 2.45) is 23.2 Å². The van der Waals surface area contributed by atoms with E-state index in [4.69, 9.17) is 18.9 Å². The van der Waals surface area contributed by atoms with Crippen LogP contribution in [0.2, 0.25) is 0 Å². The Morgan fingerprint density at radius 1 is 1.16 bits per heavy atom. The molecule has 2 aliphatic heterocycles. The molecule has 2 saturated carbocycles. The lowest BCUT2D eigenvalue weighted by Crippen LogP contribution is -2.54. The molecule has 1 N–H and O–H groups in total. The van der Waals surface area contributed by atoms with E-state index >= 15 is 0 Å². The van der Waals surface area contributed by atoms with Gasteiger partial charge in [0.15, 0.2) is 0 Å². The van der Waals surface area contributed by atoms with E-state index in [2.05, 4.69) is 36.8 Å². The van der Waals surface area contributed by atoms with E-state index in [-0.39, 0.29) is 55.8 Å². The van der Waals surface area contributed by atoms with Crippen LogP contribution in [0.3, 0.4) is 0 Å². The molecular weight excluding hydrogens is 650 g/mol. The number of esters is 2. The smallest absolute Gasteiger partial charge is 0.332 e. The fraction of sp³-hybridized carbons (Fsp3) is 0.625. The highest BCUT2D eigenvalue weighted by atomic mass is 16.5. The van der Waals surface area contributed by atoms with Gasteiger partial charge in [-0.25, -0.2) is 9.78 Å². The molecule has 0 radical (unpaired) electrons. The minimum absolute atomic E-state index is 0.00586. The van der Waals surface area contributed by atoms with Crippen molar-refractivity contribution in [3.63, 3.8) is 0 Å². The van der Waals surface area contributed by atoms with Crippen LogP contribution in [0.15, 0.2) is 37.1 Å². The summed E-state index contributed by atoms with van der Waals surface area (Å²) < 4.78 is 23.6. The average Bonchev–Trinajstić information content (AvgIpc) is 3.68. The summed E-state index contributed by atoms with van der Waals surface area (Å²) >= 11 is 0. The van der Waals surface area contributed by atoms with Crippen LogP contribution >= 0.6 is 0 Å². The predicted molar refractivity (Wildman–Crippen MR) is 191 cm³/mol. The summed E-state index contributed by atoms with van der Waals surface area (Å²) in [7, 11) is 1.66. The molecule has 4 aliphatic rings. The van der Waals surface area contributed by atoms with Gasteiger partial charge in [-0.15, -0.1) is 6.58 Å². The van der Waals surface area contributed by atoms with Crippen molar-refractivity contribution in [1.29, 1.82) is 0 Å². The standard InChI is InChI=1S/C40H53N3O8/c1-6-28-22-40(28,38(47)49-7-2)42-35(45)32-20-29-23-43(32)37(46)31(25-12-9-8-10-13-25)21-34(44)50-24-39(3,4)16-11-14-27-18-30-26(19-33(27)48-5)15-17-41-36(30)51-29/h6,15,17-19,25,28-29,31-32H,1,7-14,16,20-24H2,2-5H3,(H,42,45)/t28-,29-,31+,32+,40-/m1/s1. The highest BCUT2D eigenvalue weighted by molar-refractivity contribution is 5.96. The molecule has 2 amide bonds. The first-order valence-electron chi connectivity index (χ1n) is 18.7. The number of nitrogens with one attached hydrogen (secondary N) is 1. The van der Waals surface area contributed by atoms with Gasteiger partial charge in [0.2, 0.25) is 17.7 Å². The minimum Gasteiger partial charge on any atom is -0.496 e. The average molecular weight is 704 g/mol. The number of methoxy groups -OCH3 is 1. The monoisotopic (exact) mass is 703 g/mol. The number of pyridine rings is 1. The fourth-order valence-electron chi connectivity index (χ4n) is 8.34. The first-order valence-corrected chi connectivity index (χ1v) is 18.7. The Morgan fingerprint density at radius 2 is 1.94 bits per heavy atom. The van der Waals surface area contributed by atoms with Gasteiger partial charge in [-0.1, -0.05) is 39.2 Å². The number of hydrogen-bond acceptors (Lipinski definition) is 9. The second-order valence-electron chi connectivity index (χ2n) is 15.6. The second-order valence-corrected chi connectivity index (χ2v) is 15.6. The number of nitrogens with zero attached hydrogens (tertiary/aromatic N) is 2. The number of benzene rings is 1. The van der Waals surface area contributed by atoms with Crippen LogP contribution in [0.5, 0.6) is 11.6 Å². The fourth-order valence-corrected chi connectivity index (χ4v) is 8.34. The molecule has 4 bridgehead atoms. The number of rotatable bonds is 7. The maximum atomic E-state index is 14.8. The maximum absolute atomic E-state index is 14.8. The lowest BCUT2D eigenvalue weighted by molar-refractivity contribution is -0.155. The van der Waals surface area contributed by atoms with Gasteiger partial charge in [0.1, 0.15) is 23.4 Å². The third-order valence-corrected chi connectivity index (χ3v) is 11.4. The minimum atomic E-state index is -1.22. The van der Waals surface area contributed by atoms with Crippen LogP contribution in [0.25, 0.3) is 10.8 Å². The number of aryl methyl sites for hydroxylation is 1. The Labute approximate surface area is 300 Å². The molecule has 3 heterocycles. The molecule has 51 heavy (non-hydrogen) atoms. The molecule has 1 aromatic carbocycles. The summed E-state index contributed by atoms with van der Waals surface area (Å²) in [6.07, 6.45) is 10.4. The maximum Gasteiger partial charge on any atom is 0.332 e. The van der Waals surface area contributed by atoms with Crippen LogP contribution in [0, 0.1) is 23.2 Å². The Balaban J connectivity index is 1.38. The molecule has 2 aromatic rings. The van der Waals surface area contributed by atoms with E-state index in [1.165, 1.54) is 0 Å². The number of ether oxygens (including phenoxy) is 4. The largest absolute Gasteiger partial charge is 0.496 e. The second kappa shape index (κ2) is 15.2. The number of carbonyl (C=O) groups is 4. The summed E-state index contributed by atoms with van der Waals surface area (Å²) in [6, 6.07) is 5.02. The molecule has 11 heteroatoms. The van der Waals surface area contributed by atoms with Gasteiger partial charge < -0.3 is 29.2 Å². The zero-order valence-electron chi connectivity index (χ0n) is 30.5. The van der Waals surface area contributed by atoms with Gasteiger partial charge in [0.25, 0.3) is 0 Å². The zero-order valence-corrected chi connectivity index (χ0v) is 30.5. The van der Waals surface area contributed by atoms with Crippen molar-refractivity contribution < 1.29 is 38.1 Å². The van der Waals surface area contributed by atoms with E-state index in [1.54, 1.807) is 31.2 Å². The normalized spacial score (nSPS) is 28.6. The number of aromatic nitrogens is 1.